The van der Waals surface area contributed by atoms with Crippen LogP contribution in [0, 0.1) is 0 Å². The first-order chi connectivity index (χ1) is 3.81. The van der Waals surface area contributed by atoms with E-state index < -0.39 is 0 Å². The van der Waals surface area contributed by atoms with Crippen molar-refractivity contribution in [1.29, 1.82) is 0 Å². The zero-order chi connectivity index (χ0) is 6.41. The molecule has 0 aromatic heterocycles. The van der Waals surface area contributed by atoms with Gasteiger partial charge in [0.1, 0.15) is 0 Å². The summed E-state index contributed by atoms with van der Waals surface area (Å²) in [5, 5.41) is 0. The maximum atomic E-state index is 10.4. The first-order valence-electron chi connectivity index (χ1n) is 2.70. The van der Waals surface area contributed by atoms with Crippen LogP contribution in [0.5, 0.6) is 0 Å². The number of nitrogens with two attached hydrogens (primary N) is 1. The zero-order valence-electron chi connectivity index (χ0n) is 5.05. The molecule has 0 saturated carbocycles. The zero-order valence-corrected chi connectivity index (χ0v) is 5.05. The second-order valence-corrected chi connectivity index (χ2v) is 1.46. The van der Waals surface area contributed by atoms with Gasteiger partial charge in [-0.1, -0.05) is 13.0 Å². The molecule has 0 aliphatic carbocycles. The molecule has 0 spiro atoms. The molecule has 2 heteroatoms. The van der Waals surface area contributed by atoms with Crippen molar-refractivity contribution in [2.45, 2.75) is 13.3 Å². The van der Waals surface area contributed by atoms with Crippen LogP contribution in [0.1, 0.15) is 13.3 Å². The third-order valence-electron chi connectivity index (χ3n) is 0.788. The normalized spacial score (nSPS) is 10.2. The maximum Gasteiger partial charge on any atom is 0.155 e. The maximum absolute atomic E-state index is 10.4. The molecule has 0 saturated heterocycles. The van der Waals surface area contributed by atoms with Gasteiger partial charge in [-0.3, -0.25) is 4.79 Å². The Morgan fingerprint density at radius 1 is 1.75 bits per heavy atom. The number of ketones is 1. The monoisotopic (exact) mass is 113 g/mol. The van der Waals surface area contributed by atoms with Gasteiger partial charge in [0.25, 0.3) is 0 Å². The molecule has 0 aromatic carbocycles. The van der Waals surface area contributed by atoms with Crippen molar-refractivity contribution in [2.24, 2.45) is 5.73 Å². The molecule has 0 amide bonds. The van der Waals surface area contributed by atoms with Crippen molar-refractivity contribution < 1.29 is 4.79 Å². The van der Waals surface area contributed by atoms with Crippen LogP contribution >= 0.6 is 0 Å². The van der Waals surface area contributed by atoms with E-state index in [1.165, 1.54) is 6.08 Å². The predicted molar refractivity (Wildman–Crippen MR) is 33.5 cm³/mol. The molecule has 0 atom stereocenters. The summed E-state index contributed by atoms with van der Waals surface area (Å²) < 4.78 is 0. The summed E-state index contributed by atoms with van der Waals surface area (Å²) in [6.07, 6.45) is 3.74. The number of rotatable bonds is 3. The Balaban J connectivity index is 3.37. The van der Waals surface area contributed by atoms with Crippen LogP contribution in [-0.4, -0.2) is 12.3 Å². The fourth-order valence-corrected chi connectivity index (χ4v) is 0.317. The topological polar surface area (TPSA) is 43.1 Å². The van der Waals surface area contributed by atoms with E-state index in [4.69, 9.17) is 5.73 Å². The molecular weight excluding hydrogens is 102 g/mol. The van der Waals surface area contributed by atoms with E-state index in [1.807, 2.05) is 6.92 Å². The Labute approximate surface area is 49.4 Å². The lowest BCUT2D eigenvalue weighted by Crippen LogP contribution is -1.95. The molecule has 0 unspecified atom stereocenters. The summed E-state index contributed by atoms with van der Waals surface area (Å²) in [7, 11) is 0. The van der Waals surface area contributed by atoms with Crippen LogP contribution in [0.3, 0.4) is 0 Å². The van der Waals surface area contributed by atoms with E-state index in [9.17, 15) is 4.79 Å². The summed E-state index contributed by atoms with van der Waals surface area (Å²) >= 11 is 0. The summed E-state index contributed by atoms with van der Waals surface area (Å²) in [4.78, 5) is 10.4. The number of carbonyl (C=O) groups excluding carboxylic acids is 1. The van der Waals surface area contributed by atoms with Crippen molar-refractivity contribution in [2.75, 3.05) is 6.54 Å². The van der Waals surface area contributed by atoms with E-state index in [1.54, 1.807) is 6.08 Å². The largest absolute Gasteiger partial charge is 0.327 e. The first-order valence-corrected chi connectivity index (χ1v) is 2.70. The third kappa shape index (κ3) is 3.56. The van der Waals surface area contributed by atoms with E-state index in [2.05, 4.69) is 0 Å². The molecule has 8 heavy (non-hydrogen) atoms. The molecule has 0 heterocycles. The number of hydrogen-bond acceptors (Lipinski definition) is 2. The van der Waals surface area contributed by atoms with Gasteiger partial charge in [-0.25, -0.2) is 0 Å². The quantitative estimate of drug-likeness (QED) is 0.541. The van der Waals surface area contributed by atoms with Crippen molar-refractivity contribution in [3.8, 4) is 0 Å². The summed E-state index contributed by atoms with van der Waals surface area (Å²) in [5.74, 6) is 0.135. The molecule has 0 rings (SSSR count). The summed E-state index contributed by atoms with van der Waals surface area (Å²) in [6, 6.07) is 0. The summed E-state index contributed by atoms with van der Waals surface area (Å²) in [6.45, 7) is 2.27. The van der Waals surface area contributed by atoms with Crippen molar-refractivity contribution in [3.63, 3.8) is 0 Å². The molecule has 2 N–H and O–H groups in total. The van der Waals surface area contributed by atoms with E-state index in [0.29, 0.717) is 13.0 Å². The van der Waals surface area contributed by atoms with E-state index in [0.717, 1.165) is 0 Å². The molecule has 46 valence electrons. The van der Waals surface area contributed by atoms with Crippen molar-refractivity contribution >= 4 is 5.78 Å². The standard InChI is InChI=1S/C6H11NO/c1-2-6(8)4-3-5-7/h3-4H,2,5,7H2,1H3. The Hall–Kier alpha value is -0.630. The second kappa shape index (κ2) is 4.53. The van der Waals surface area contributed by atoms with Gasteiger partial charge < -0.3 is 5.73 Å². The van der Waals surface area contributed by atoms with Crippen LogP contribution in [0.25, 0.3) is 0 Å². The Bertz CT molecular complexity index is 96.7. The molecule has 2 nitrogen and oxygen atoms in total. The Morgan fingerprint density at radius 2 is 2.38 bits per heavy atom. The van der Waals surface area contributed by atoms with E-state index >= 15 is 0 Å². The summed E-state index contributed by atoms with van der Waals surface area (Å²) in [5.41, 5.74) is 5.09. The van der Waals surface area contributed by atoms with Crippen LogP contribution in [0.2, 0.25) is 0 Å². The predicted octanol–water partition coefficient (Wildman–Crippen LogP) is 0.480. The number of allylic oxidation sites excluding steroid dienone is 1. The minimum atomic E-state index is 0.135. The lowest BCUT2D eigenvalue weighted by molar-refractivity contribution is -0.114. The number of carbonyl (C=O) groups is 1. The Kier molecular flexibility index (Phi) is 4.17. The van der Waals surface area contributed by atoms with E-state index in [-0.39, 0.29) is 5.78 Å². The third-order valence-corrected chi connectivity index (χ3v) is 0.788. The van der Waals surface area contributed by atoms with Crippen LogP contribution in [0.15, 0.2) is 12.2 Å². The molecule has 0 bridgehead atoms. The minimum Gasteiger partial charge on any atom is -0.327 e. The number of hydrogen-bond donors (Lipinski definition) is 1. The van der Waals surface area contributed by atoms with Crippen molar-refractivity contribution in [1.82, 2.24) is 0 Å². The molecule has 0 aromatic rings. The fourth-order valence-electron chi connectivity index (χ4n) is 0.317. The average Bonchev–Trinajstić information content (AvgIpc) is 1.83. The van der Waals surface area contributed by atoms with Gasteiger partial charge in [-0.15, -0.1) is 0 Å². The smallest absolute Gasteiger partial charge is 0.155 e. The molecule has 0 fully saturated rings. The van der Waals surface area contributed by atoms with Gasteiger partial charge in [-0.05, 0) is 6.08 Å². The molecule has 0 aliphatic rings. The SMILES string of the molecule is CCC(=O)C=CCN. The van der Waals surface area contributed by atoms with Gasteiger partial charge in [0.05, 0.1) is 0 Å². The highest BCUT2D eigenvalue weighted by molar-refractivity contribution is 5.89. The lowest BCUT2D eigenvalue weighted by Gasteiger charge is -1.81. The molecular formula is C6H11NO. The van der Waals surface area contributed by atoms with Gasteiger partial charge in [0, 0.05) is 13.0 Å². The first kappa shape index (κ1) is 7.37. The highest BCUT2D eigenvalue weighted by atomic mass is 16.1. The second-order valence-electron chi connectivity index (χ2n) is 1.46. The highest BCUT2D eigenvalue weighted by Crippen LogP contribution is 1.80. The van der Waals surface area contributed by atoms with Crippen LogP contribution in [-0.2, 0) is 4.79 Å². The van der Waals surface area contributed by atoms with Gasteiger partial charge in [0.2, 0.25) is 0 Å². The minimum absolute atomic E-state index is 0.135. The average molecular weight is 113 g/mol. The molecule has 0 radical (unpaired) electrons. The van der Waals surface area contributed by atoms with Crippen LogP contribution in [0.4, 0.5) is 0 Å². The molecule has 0 aliphatic heterocycles. The van der Waals surface area contributed by atoms with Gasteiger partial charge >= 0.3 is 0 Å². The van der Waals surface area contributed by atoms with Gasteiger partial charge in [-0.2, -0.15) is 0 Å². The highest BCUT2D eigenvalue weighted by Gasteiger charge is 1.85. The van der Waals surface area contributed by atoms with Gasteiger partial charge in [0.15, 0.2) is 5.78 Å². The van der Waals surface area contributed by atoms with Crippen LogP contribution < -0.4 is 5.73 Å². The fraction of sp³-hybridized carbons (Fsp3) is 0.500. The Morgan fingerprint density at radius 3 is 2.75 bits per heavy atom. The van der Waals surface area contributed by atoms with Crippen molar-refractivity contribution in [3.05, 3.63) is 12.2 Å². The lowest BCUT2D eigenvalue weighted by atomic mass is 10.3.